The lowest BCUT2D eigenvalue weighted by molar-refractivity contribution is 0.0328. The first-order valence-electron chi connectivity index (χ1n) is 6.02. The monoisotopic (exact) mass is 316 g/mol. The van der Waals surface area contributed by atoms with Crippen molar-refractivity contribution in [3.05, 3.63) is 27.7 Å². The van der Waals surface area contributed by atoms with Gasteiger partial charge in [-0.2, -0.15) is 0 Å². The molecule has 0 bridgehead atoms. The number of hydrogen-bond donors (Lipinski definition) is 3. The maximum Gasteiger partial charge on any atom is 0.0948 e. The molecule has 0 aliphatic heterocycles. The third kappa shape index (κ3) is 3.68. The van der Waals surface area contributed by atoms with Crippen LogP contribution in [0.25, 0.3) is 0 Å². The highest BCUT2D eigenvalue weighted by atomic mass is 79.9. The molecule has 1 unspecified atom stereocenters. The summed E-state index contributed by atoms with van der Waals surface area (Å²) in [5, 5.41) is 8.80. The molecule has 1 rings (SSSR count). The van der Waals surface area contributed by atoms with Crippen molar-refractivity contribution < 1.29 is 9.84 Å². The number of anilines is 1. The molecule has 18 heavy (non-hydrogen) atoms. The number of benzene rings is 1. The van der Waals surface area contributed by atoms with Crippen LogP contribution in [0.1, 0.15) is 37.0 Å². The molecule has 0 fully saturated rings. The van der Waals surface area contributed by atoms with Crippen molar-refractivity contribution in [1.82, 2.24) is 0 Å². The van der Waals surface area contributed by atoms with E-state index in [0.29, 0.717) is 12.5 Å². The summed E-state index contributed by atoms with van der Waals surface area (Å²) in [7, 11) is 0. The first-order chi connectivity index (χ1) is 8.51. The Morgan fingerprint density at radius 2 is 2.06 bits per heavy atom. The summed E-state index contributed by atoms with van der Waals surface area (Å²) in [5.74, 6) is 0.331. The van der Waals surface area contributed by atoms with Gasteiger partial charge >= 0.3 is 0 Å². The highest BCUT2D eigenvalue weighted by molar-refractivity contribution is 9.10. The van der Waals surface area contributed by atoms with E-state index in [1.807, 2.05) is 12.1 Å². The van der Waals surface area contributed by atoms with Crippen molar-refractivity contribution in [3.8, 4) is 0 Å². The Balaban J connectivity index is 3.07. The Morgan fingerprint density at radius 1 is 1.39 bits per heavy atom. The second kappa shape index (κ2) is 7.09. The van der Waals surface area contributed by atoms with Crippen LogP contribution in [0.5, 0.6) is 0 Å². The molecule has 0 heterocycles. The van der Waals surface area contributed by atoms with Gasteiger partial charge in [-0.1, -0.05) is 19.9 Å². The van der Waals surface area contributed by atoms with E-state index >= 15 is 0 Å². The highest BCUT2D eigenvalue weighted by Gasteiger charge is 2.15. The predicted octanol–water partition coefficient (Wildman–Crippen LogP) is 2.16. The van der Waals surface area contributed by atoms with Gasteiger partial charge in [0, 0.05) is 16.7 Å². The summed E-state index contributed by atoms with van der Waals surface area (Å²) < 4.78 is 6.38. The van der Waals surface area contributed by atoms with Gasteiger partial charge in [0.1, 0.15) is 0 Å². The van der Waals surface area contributed by atoms with Gasteiger partial charge < -0.3 is 21.3 Å². The van der Waals surface area contributed by atoms with Crippen molar-refractivity contribution in [2.45, 2.75) is 25.9 Å². The number of halogens is 1. The first-order valence-corrected chi connectivity index (χ1v) is 6.81. The number of nitrogens with two attached hydrogens (primary N) is 2. The molecule has 0 aliphatic rings. The van der Waals surface area contributed by atoms with Crippen LogP contribution in [0.2, 0.25) is 0 Å². The molecule has 5 N–H and O–H groups in total. The van der Waals surface area contributed by atoms with Crippen LogP contribution in [-0.4, -0.2) is 24.9 Å². The van der Waals surface area contributed by atoms with Gasteiger partial charge in [-0.3, -0.25) is 0 Å². The Bertz CT molecular complexity index is 397. The van der Waals surface area contributed by atoms with Crippen molar-refractivity contribution in [3.63, 3.8) is 0 Å². The molecule has 0 aliphatic carbocycles. The molecule has 1 atom stereocenters. The zero-order valence-corrected chi connectivity index (χ0v) is 12.4. The van der Waals surface area contributed by atoms with Gasteiger partial charge in [0.05, 0.1) is 19.3 Å². The number of nitrogen functional groups attached to an aromatic ring is 1. The molecule has 0 amide bonds. The Morgan fingerprint density at radius 3 is 2.56 bits per heavy atom. The quantitative estimate of drug-likeness (QED) is 0.702. The van der Waals surface area contributed by atoms with Gasteiger partial charge in [0.2, 0.25) is 0 Å². The fraction of sp³-hybridized carbons (Fsp3) is 0.538. The zero-order valence-electron chi connectivity index (χ0n) is 10.8. The third-order valence-electron chi connectivity index (χ3n) is 2.80. The Labute approximate surface area is 116 Å². The molecule has 1 aromatic rings. The minimum atomic E-state index is -0.216. The van der Waals surface area contributed by atoms with E-state index in [9.17, 15) is 0 Å². The Hall–Kier alpha value is -0.620. The standard InChI is InChI=1S/C13H21BrN2O2/c1-8(2)10-5-9(6-11(14)13(10)16)12(7-15)18-4-3-17/h5-6,8,12,17H,3-4,7,15-16H2,1-2H3. The van der Waals surface area contributed by atoms with Crippen molar-refractivity contribution in [2.24, 2.45) is 5.73 Å². The Kier molecular flexibility index (Phi) is 6.08. The molecule has 0 spiro atoms. The second-order valence-electron chi connectivity index (χ2n) is 4.48. The van der Waals surface area contributed by atoms with E-state index in [2.05, 4.69) is 29.8 Å². The minimum Gasteiger partial charge on any atom is -0.398 e. The van der Waals surface area contributed by atoms with Crippen LogP contribution in [-0.2, 0) is 4.74 Å². The van der Waals surface area contributed by atoms with Gasteiger partial charge in [-0.05, 0) is 39.0 Å². The van der Waals surface area contributed by atoms with Crippen LogP contribution in [0.3, 0.4) is 0 Å². The molecule has 0 saturated heterocycles. The topological polar surface area (TPSA) is 81.5 Å². The maximum absolute atomic E-state index is 8.80. The first kappa shape index (κ1) is 15.4. The third-order valence-corrected chi connectivity index (χ3v) is 3.46. The summed E-state index contributed by atoms with van der Waals surface area (Å²) in [5.41, 5.74) is 14.6. The van der Waals surface area contributed by atoms with Gasteiger partial charge in [0.25, 0.3) is 0 Å². The smallest absolute Gasteiger partial charge is 0.0948 e. The number of hydrogen-bond acceptors (Lipinski definition) is 4. The van der Waals surface area contributed by atoms with Gasteiger partial charge in [-0.25, -0.2) is 0 Å². The molecular formula is C13H21BrN2O2. The summed E-state index contributed by atoms with van der Waals surface area (Å²) in [6, 6.07) is 3.95. The predicted molar refractivity (Wildman–Crippen MR) is 77.5 cm³/mol. The van der Waals surface area contributed by atoms with Crippen LogP contribution in [0.4, 0.5) is 5.69 Å². The second-order valence-corrected chi connectivity index (χ2v) is 5.33. The van der Waals surface area contributed by atoms with Crippen molar-refractivity contribution in [1.29, 1.82) is 0 Å². The molecule has 0 radical (unpaired) electrons. The van der Waals surface area contributed by atoms with E-state index < -0.39 is 0 Å². The van der Waals surface area contributed by atoms with Crippen LogP contribution in [0.15, 0.2) is 16.6 Å². The van der Waals surface area contributed by atoms with E-state index in [1.165, 1.54) is 0 Å². The largest absolute Gasteiger partial charge is 0.398 e. The average Bonchev–Trinajstić information content (AvgIpc) is 2.33. The van der Waals surface area contributed by atoms with Crippen LogP contribution >= 0.6 is 15.9 Å². The van der Waals surface area contributed by atoms with E-state index in [0.717, 1.165) is 21.3 Å². The van der Waals surface area contributed by atoms with Gasteiger partial charge in [-0.15, -0.1) is 0 Å². The molecule has 0 saturated carbocycles. The van der Waals surface area contributed by atoms with E-state index in [1.54, 1.807) is 0 Å². The summed E-state index contributed by atoms with van der Waals surface area (Å²) >= 11 is 3.46. The van der Waals surface area contributed by atoms with Crippen molar-refractivity contribution in [2.75, 3.05) is 25.5 Å². The lowest BCUT2D eigenvalue weighted by atomic mass is 9.97. The molecular weight excluding hydrogens is 296 g/mol. The normalized spacial score (nSPS) is 13.0. The van der Waals surface area contributed by atoms with E-state index in [4.69, 9.17) is 21.3 Å². The van der Waals surface area contributed by atoms with Crippen LogP contribution in [0, 0.1) is 0 Å². The summed E-state index contributed by atoms with van der Waals surface area (Å²) in [4.78, 5) is 0. The van der Waals surface area contributed by atoms with Crippen LogP contribution < -0.4 is 11.5 Å². The fourth-order valence-electron chi connectivity index (χ4n) is 1.82. The number of ether oxygens (including phenoxy) is 1. The van der Waals surface area contributed by atoms with Gasteiger partial charge in [0.15, 0.2) is 0 Å². The zero-order chi connectivity index (χ0) is 13.7. The SMILES string of the molecule is CC(C)c1cc(C(CN)OCCO)cc(Br)c1N. The molecule has 4 nitrogen and oxygen atoms in total. The lowest BCUT2D eigenvalue weighted by Gasteiger charge is -2.20. The fourth-order valence-corrected chi connectivity index (χ4v) is 2.31. The molecule has 102 valence electrons. The number of rotatable bonds is 6. The average molecular weight is 317 g/mol. The minimum absolute atomic E-state index is 0.0102. The van der Waals surface area contributed by atoms with Crippen molar-refractivity contribution >= 4 is 21.6 Å². The molecule has 0 aromatic heterocycles. The number of aliphatic hydroxyl groups excluding tert-OH is 1. The summed E-state index contributed by atoms with van der Waals surface area (Å²) in [6.45, 7) is 4.82. The van der Waals surface area contributed by atoms with E-state index in [-0.39, 0.29) is 19.3 Å². The lowest BCUT2D eigenvalue weighted by Crippen LogP contribution is -2.18. The summed E-state index contributed by atoms with van der Waals surface area (Å²) in [6.07, 6.45) is -0.216. The maximum atomic E-state index is 8.80. The molecule has 1 aromatic carbocycles. The number of aliphatic hydroxyl groups is 1. The molecule has 5 heteroatoms. The highest BCUT2D eigenvalue weighted by Crippen LogP contribution is 2.33.